The third kappa shape index (κ3) is 5.31. The van der Waals surface area contributed by atoms with E-state index in [9.17, 15) is 0 Å². The van der Waals surface area contributed by atoms with E-state index in [0.29, 0.717) is 25.2 Å². The summed E-state index contributed by atoms with van der Waals surface area (Å²) in [6.45, 7) is 11.5. The van der Waals surface area contributed by atoms with Crippen molar-refractivity contribution >= 4 is 0 Å². The lowest BCUT2D eigenvalue weighted by atomic mass is 10.2. The first-order valence-corrected chi connectivity index (χ1v) is 6.65. The van der Waals surface area contributed by atoms with Crippen LogP contribution >= 0.6 is 0 Å². The van der Waals surface area contributed by atoms with Gasteiger partial charge in [0.1, 0.15) is 0 Å². The standard InChI is InChI=1S/C12H28N4O/c1-11(2)16-7-8-17-12(10-16)9-15(5-3-13)6-4-14/h11-12H,3-10,13-14H2,1-2H3. The zero-order chi connectivity index (χ0) is 12.7. The minimum Gasteiger partial charge on any atom is -0.374 e. The monoisotopic (exact) mass is 244 g/mol. The van der Waals surface area contributed by atoms with Crippen LogP contribution in [0.4, 0.5) is 0 Å². The van der Waals surface area contributed by atoms with Gasteiger partial charge in [-0.05, 0) is 13.8 Å². The van der Waals surface area contributed by atoms with Crippen molar-refractivity contribution < 1.29 is 4.74 Å². The number of hydrogen-bond donors (Lipinski definition) is 2. The highest BCUT2D eigenvalue weighted by Gasteiger charge is 2.23. The molecule has 0 saturated carbocycles. The van der Waals surface area contributed by atoms with Crippen molar-refractivity contribution in [1.82, 2.24) is 9.80 Å². The molecule has 1 rings (SSSR count). The van der Waals surface area contributed by atoms with Crippen LogP contribution in [0.25, 0.3) is 0 Å². The molecule has 0 bridgehead atoms. The summed E-state index contributed by atoms with van der Waals surface area (Å²) in [6.07, 6.45) is 0.296. The number of nitrogens with zero attached hydrogens (tertiary/aromatic N) is 2. The Balaban J connectivity index is 2.37. The molecule has 1 fully saturated rings. The summed E-state index contributed by atoms with van der Waals surface area (Å²) in [7, 11) is 0. The molecule has 0 amide bonds. The van der Waals surface area contributed by atoms with Crippen molar-refractivity contribution in [2.75, 3.05) is 52.4 Å². The summed E-state index contributed by atoms with van der Waals surface area (Å²) in [5.41, 5.74) is 11.2. The lowest BCUT2D eigenvalue weighted by molar-refractivity contribution is -0.0515. The van der Waals surface area contributed by atoms with Crippen molar-refractivity contribution in [3.63, 3.8) is 0 Å². The molecule has 1 aliphatic rings. The molecule has 5 heteroatoms. The van der Waals surface area contributed by atoms with E-state index >= 15 is 0 Å². The van der Waals surface area contributed by atoms with Crippen LogP contribution in [-0.4, -0.2) is 74.4 Å². The van der Waals surface area contributed by atoms with Crippen molar-refractivity contribution in [3.8, 4) is 0 Å². The summed E-state index contributed by atoms with van der Waals surface area (Å²) in [5.74, 6) is 0. The molecule has 1 aliphatic heterocycles. The molecule has 1 atom stereocenters. The van der Waals surface area contributed by atoms with Gasteiger partial charge in [-0.25, -0.2) is 0 Å². The predicted octanol–water partition coefficient (Wildman–Crippen LogP) is -0.685. The minimum absolute atomic E-state index is 0.296. The summed E-state index contributed by atoms with van der Waals surface area (Å²) in [6, 6.07) is 0.596. The van der Waals surface area contributed by atoms with Gasteiger partial charge in [-0.2, -0.15) is 0 Å². The molecule has 5 nitrogen and oxygen atoms in total. The Morgan fingerprint density at radius 3 is 2.47 bits per heavy atom. The second kappa shape index (κ2) is 8.00. The number of hydrogen-bond acceptors (Lipinski definition) is 5. The zero-order valence-corrected chi connectivity index (χ0v) is 11.3. The van der Waals surface area contributed by atoms with E-state index < -0.39 is 0 Å². The highest BCUT2D eigenvalue weighted by Crippen LogP contribution is 2.09. The van der Waals surface area contributed by atoms with Crippen molar-refractivity contribution in [2.45, 2.75) is 26.0 Å². The summed E-state index contributed by atoms with van der Waals surface area (Å²) >= 11 is 0. The van der Waals surface area contributed by atoms with Gasteiger partial charge < -0.3 is 16.2 Å². The molecular formula is C12H28N4O. The van der Waals surface area contributed by atoms with Crippen LogP contribution in [0.1, 0.15) is 13.8 Å². The number of nitrogens with two attached hydrogens (primary N) is 2. The first-order valence-electron chi connectivity index (χ1n) is 6.65. The van der Waals surface area contributed by atoms with E-state index in [1.807, 2.05) is 0 Å². The van der Waals surface area contributed by atoms with Crippen LogP contribution in [0.15, 0.2) is 0 Å². The molecule has 0 spiro atoms. The lowest BCUT2D eigenvalue weighted by Gasteiger charge is -2.37. The van der Waals surface area contributed by atoms with E-state index in [-0.39, 0.29) is 0 Å². The van der Waals surface area contributed by atoms with E-state index in [1.54, 1.807) is 0 Å². The zero-order valence-electron chi connectivity index (χ0n) is 11.3. The molecule has 1 heterocycles. The van der Waals surface area contributed by atoms with Crippen molar-refractivity contribution in [1.29, 1.82) is 0 Å². The maximum Gasteiger partial charge on any atom is 0.0829 e. The van der Waals surface area contributed by atoms with E-state index in [2.05, 4.69) is 23.6 Å². The summed E-state index contributed by atoms with van der Waals surface area (Å²) in [5, 5.41) is 0. The molecule has 17 heavy (non-hydrogen) atoms. The lowest BCUT2D eigenvalue weighted by Crippen LogP contribution is -2.50. The smallest absolute Gasteiger partial charge is 0.0829 e. The Bertz CT molecular complexity index is 195. The third-order valence-corrected chi connectivity index (χ3v) is 3.25. The van der Waals surface area contributed by atoms with Crippen LogP contribution in [0.3, 0.4) is 0 Å². The Labute approximate surface area is 105 Å². The van der Waals surface area contributed by atoms with E-state index in [1.165, 1.54) is 0 Å². The quantitative estimate of drug-likeness (QED) is 0.621. The number of ether oxygens (including phenoxy) is 1. The van der Waals surface area contributed by atoms with E-state index in [0.717, 1.165) is 39.3 Å². The number of rotatable bonds is 7. The van der Waals surface area contributed by atoms with Crippen LogP contribution in [0.2, 0.25) is 0 Å². The molecular weight excluding hydrogens is 216 g/mol. The maximum absolute atomic E-state index is 5.82. The van der Waals surface area contributed by atoms with E-state index in [4.69, 9.17) is 16.2 Å². The SMILES string of the molecule is CC(C)N1CCOC(CN(CCN)CCN)C1. The Kier molecular flexibility index (Phi) is 6.99. The molecule has 1 saturated heterocycles. The van der Waals surface area contributed by atoms with Crippen molar-refractivity contribution in [2.24, 2.45) is 11.5 Å². The highest BCUT2D eigenvalue weighted by molar-refractivity contribution is 4.77. The second-order valence-electron chi connectivity index (χ2n) is 4.96. The normalized spacial score (nSPS) is 22.6. The van der Waals surface area contributed by atoms with Gasteiger partial charge in [0.05, 0.1) is 12.7 Å². The molecule has 0 radical (unpaired) electrons. The van der Waals surface area contributed by atoms with Gasteiger partial charge in [-0.3, -0.25) is 9.80 Å². The fraction of sp³-hybridized carbons (Fsp3) is 1.00. The molecule has 1 unspecified atom stereocenters. The topological polar surface area (TPSA) is 67.8 Å². The van der Waals surface area contributed by atoms with Crippen LogP contribution in [0, 0.1) is 0 Å². The van der Waals surface area contributed by atoms with Gasteiger partial charge in [0, 0.05) is 51.9 Å². The Hall–Kier alpha value is -0.200. The third-order valence-electron chi connectivity index (χ3n) is 3.25. The highest BCUT2D eigenvalue weighted by atomic mass is 16.5. The Morgan fingerprint density at radius 1 is 1.29 bits per heavy atom. The molecule has 102 valence electrons. The average molecular weight is 244 g/mol. The van der Waals surface area contributed by atoms with Crippen molar-refractivity contribution in [3.05, 3.63) is 0 Å². The molecule has 0 aromatic heterocycles. The summed E-state index contributed by atoms with van der Waals surface area (Å²) in [4.78, 5) is 4.77. The van der Waals surface area contributed by atoms with Gasteiger partial charge in [0.25, 0.3) is 0 Å². The predicted molar refractivity (Wildman–Crippen MR) is 71.0 cm³/mol. The number of morpholine rings is 1. The van der Waals surface area contributed by atoms with Gasteiger partial charge >= 0.3 is 0 Å². The maximum atomic E-state index is 5.82. The molecule has 0 aromatic rings. The summed E-state index contributed by atoms with van der Waals surface area (Å²) < 4.78 is 5.82. The van der Waals surface area contributed by atoms with Gasteiger partial charge in [-0.1, -0.05) is 0 Å². The first kappa shape index (κ1) is 14.9. The average Bonchev–Trinajstić information content (AvgIpc) is 2.30. The fourth-order valence-electron chi connectivity index (χ4n) is 2.27. The van der Waals surface area contributed by atoms with Crippen LogP contribution < -0.4 is 11.5 Å². The largest absolute Gasteiger partial charge is 0.374 e. The minimum atomic E-state index is 0.296. The van der Waals surface area contributed by atoms with Gasteiger partial charge in [0.2, 0.25) is 0 Å². The molecule has 0 aliphatic carbocycles. The van der Waals surface area contributed by atoms with Gasteiger partial charge in [0.15, 0.2) is 0 Å². The van der Waals surface area contributed by atoms with Crippen LogP contribution in [0.5, 0.6) is 0 Å². The fourth-order valence-corrected chi connectivity index (χ4v) is 2.27. The molecule has 4 N–H and O–H groups in total. The first-order chi connectivity index (χ1) is 8.17. The molecule has 0 aromatic carbocycles. The van der Waals surface area contributed by atoms with Crippen LogP contribution in [-0.2, 0) is 4.74 Å². The second-order valence-corrected chi connectivity index (χ2v) is 4.96. The Morgan fingerprint density at radius 2 is 1.94 bits per heavy atom. The van der Waals surface area contributed by atoms with Gasteiger partial charge in [-0.15, -0.1) is 0 Å².